The van der Waals surface area contributed by atoms with Crippen molar-refractivity contribution < 1.29 is 0 Å². The van der Waals surface area contributed by atoms with Gasteiger partial charge < -0.3 is 5.32 Å². The average Bonchev–Trinajstić information content (AvgIpc) is 2.33. The summed E-state index contributed by atoms with van der Waals surface area (Å²) in [5, 5.41) is 3.86. The van der Waals surface area contributed by atoms with Gasteiger partial charge in [-0.25, -0.2) is 0 Å². The van der Waals surface area contributed by atoms with E-state index in [1.165, 1.54) is 64.3 Å². The molecule has 0 saturated heterocycles. The van der Waals surface area contributed by atoms with Crippen molar-refractivity contribution >= 4 is 11.8 Å². The van der Waals surface area contributed by atoms with Crippen molar-refractivity contribution in [2.24, 2.45) is 0 Å². The zero-order valence-electron chi connectivity index (χ0n) is 12.1. The Kier molecular flexibility index (Phi) is 7.61. The molecule has 0 aromatic carbocycles. The molecule has 0 aromatic heterocycles. The normalized spacial score (nSPS) is 19.9. The summed E-state index contributed by atoms with van der Waals surface area (Å²) in [4.78, 5) is 0. The summed E-state index contributed by atoms with van der Waals surface area (Å²) in [6.45, 7) is 5.87. The van der Waals surface area contributed by atoms with Crippen LogP contribution in [-0.2, 0) is 0 Å². The molecule has 0 aromatic rings. The number of nitrogens with one attached hydrogen (secondary N) is 1. The second-order valence-corrected chi connectivity index (χ2v) is 6.79. The highest BCUT2D eigenvalue weighted by Gasteiger charge is 2.25. The monoisotopic (exact) mass is 257 g/mol. The average molecular weight is 257 g/mol. The Morgan fingerprint density at radius 2 is 1.53 bits per heavy atom. The van der Waals surface area contributed by atoms with Gasteiger partial charge in [-0.15, -0.1) is 0 Å². The lowest BCUT2D eigenvalue weighted by atomic mass is 9.95. The summed E-state index contributed by atoms with van der Waals surface area (Å²) in [7, 11) is 0. The first-order chi connectivity index (χ1) is 8.26. The second-order valence-electron chi connectivity index (χ2n) is 5.52. The summed E-state index contributed by atoms with van der Waals surface area (Å²) in [6.07, 6.45) is 14.9. The van der Waals surface area contributed by atoms with Gasteiger partial charge in [0.05, 0.1) is 0 Å². The number of hydrogen-bond donors (Lipinski definition) is 1. The van der Waals surface area contributed by atoms with E-state index in [0.29, 0.717) is 4.75 Å². The second kappa shape index (κ2) is 8.42. The highest BCUT2D eigenvalue weighted by atomic mass is 32.2. The molecule has 1 rings (SSSR count). The van der Waals surface area contributed by atoms with E-state index in [1.54, 1.807) is 0 Å². The Balaban J connectivity index is 2.35. The first-order valence-corrected chi connectivity index (χ1v) is 8.77. The first kappa shape index (κ1) is 15.4. The summed E-state index contributed by atoms with van der Waals surface area (Å²) in [6, 6.07) is 0.792. The van der Waals surface area contributed by atoms with Gasteiger partial charge in [0, 0.05) is 17.3 Å². The lowest BCUT2D eigenvalue weighted by molar-refractivity contribution is 0.366. The smallest absolute Gasteiger partial charge is 0.0276 e. The minimum atomic E-state index is 0.475. The molecule has 1 aliphatic carbocycles. The Morgan fingerprint density at radius 3 is 2.00 bits per heavy atom. The van der Waals surface area contributed by atoms with E-state index in [-0.39, 0.29) is 0 Å². The van der Waals surface area contributed by atoms with Crippen molar-refractivity contribution in [2.75, 3.05) is 12.8 Å². The third-order valence-corrected chi connectivity index (χ3v) is 6.13. The zero-order chi connectivity index (χ0) is 12.6. The third kappa shape index (κ3) is 5.21. The zero-order valence-corrected chi connectivity index (χ0v) is 12.9. The molecule has 0 atom stereocenters. The molecule has 0 heterocycles. The Hall–Kier alpha value is 0.310. The Bertz CT molecular complexity index is 173. The van der Waals surface area contributed by atoms with Crippen LogP contribution in [0.1, 0.15) is 71.6 Å². The van der Waals surface area contributed by atoms with Gasteiger partial charge in [0.15, 0.2) is 0 Å². The number of hydrogen-bond acceptors (Lipinski definition) is 2. The van der Waals surface area contributed by atoms with Crippen LogP contribution in [0.3, 0.4) is 0 Å². The van der Waals surface area contributed by atoms with Crippen LogP contribution in [0.2, 0.25) is 0 Å². The van der Waals surface area contributed by atoms with E-state index in [4.69, 9.17) is 0 Å². The Labute approximate surface area is 113 Å². The van der Waals surface area contributed by atoms with Gasteiger partial charge in [0.25, 0.3) is 0 Å². The fraction of sp³-hybridized carbons (Fsp3) is 1.00. The molecule has 102 valence electrons. The highest BCUT2D eigenvalue weighted by molar-refractivity contribution is 8.00. The lowest BCUT2D eigenvalue weighted by Crippen LogP contribution is -2.42. The van der Waals surface area contributed by atoms with Crippen LogP contribution < -0.4 is 5.32 Å². The van der Waals surface area contributed by atoms with Gasteiger partial charge in [-0.2, -0.15) is 11.8 Å². The van der Waals surface area contributed by atoms with Crippen molar-refractivity contribution in [3.63, 3.8) is 0 Å². The first-order valence-electron chi connectivity index (χ1n) is 7.55. The van der Waals surface area contributed by atoms with Crippen LogP contribution in [0.15, 0.2) is 0 Å². The molecule has 1 aliphatic rings. The number of thioether (sulfide) groups is 1. The fourth-order valence-corrected chi connectivity index (χ4v) is 3.66. The largest absolute Gasteiger partial charge is 0.313 e. The van der Waals surface area contributed by atoms with Crippen LogP contribution in [-0.4, -0.2) is 23.6 Å². The maximum absolute atomic E-state index is 3.86. The molecule has 0 bridgehead atoms. The van der Waals surface area contributed by atoms with Crippen LogP contribution in [0.5, 0.6) is 0 Å². The molecule has 0 amide bonds. The molecule has 0 aliphatic heterocycles. The molecule has 1 saturated carbocycles. The predicted octanol–water partition coefficient (Wildman–Crippen LogP) is 4.61. The minimum Gasteiger partial charge on any atom is -0.313 e. The van der Waals surface area contributed by atoms with Gasteiger partial charge in [-0.1, -0.05) is 46.0 Å². The van der Waals surface area contributed by atoms with Crippen LogP contribution in [0, 0.1) is 0 Å². The van der Waals surface area contributed by atoms with E-state index in [0.717, 1.165) is 6.04 Å². The standard InChI is InChI=1S/C15H31NS/c1-4-15(5-2,17-3)13-16-14-11-9-7-6-8-10-12-14/h14,16H,4-13H2,1-3H3. The molecule has 1 fully saturated rings. The maximum Gasteiger partial charge on any atom is 0.0276 e. The summed E-state index contributed by atoms with van der Waals surface area (Å²) in [5.74, 6) is 0. The van der Waals surface area contributed by atoms with Crippen molar-refractivity contribution in [1.29, 1.82) is 0 Å². The fourth-order valence-electron chi connectivity index (χ4n) is 2.85. The topological polar surface area (TPSA) is 12.0 Å². The highest BCUT2D eigenvalue weighted by Crippen LogP contribution is 2.30. The van der Waals surface area contributed by atoms with Gasteiger partial charge in [-0.3, -0.25) is 0 Å². The third-order valence-electron chi connectivity index (χ3n) is 4.54. The van der Waals surface area contributed by atoms with E-state index in [1.807, 2.05) is 0 Å². The van der Waals surface area contributed by atoms with Gasteiger partial charge >= 0.3 is 0 Å². The quantitative estimate of drug-likeness (QED) is 0.745. The molecule has 0 spiro atoms. The maximum atomic E-state index is 3.86. The molecule has 1 N–H and O–H groups in total. The van der Waals surface area contributed by atoms with Crippen LogP contribution in [0.25, 0.3) is 0 Å². The predicted molar refractivity (Wildman–Crippen MR) is 80.9 cm³/mol. The van der Waals surface area contributed by atoms with Gasteiger partial charge in [-0.05, 0) is 31.9 Å². The minimum absolute atomic E-state index is 0.475. The molecular weight excluding hydrogens is 226 g/mol. The molecule has 0 radical (unpaired) electrons. The summed E-state index contributed by atoms with van der Waals surface area (Å²) < 4.78 is 0.475. The van der Waals surface area contributed by atoms with E-state index in [9.17, 15) is 0 Å². The molecule has 17 heavy (non-hydrogen) atoms. The van der Waals surface area contributed by atoms with Crippen molar-refractivity contribution in [2.45, 2.75) is 82.4 Å². The van der Waals surface area contributed by atoms with Crippen molar-refractivity contribution in [3.8, 4) is 0 Å². The Morgan fingerprint density at radius 1 is 1.00 bits per heavy atom. The van der Waals surface area contributed by atoms with Crippen molar-refractivity contribution in [1.82, 2.24) is 5.32 Å². The van der Waals surface area contributed by atoms with Gasteiger partial charge in [0.2, 0.25) is 0 Å². The van der Waals surface area contributed by atoms with E-state index >= 15 is 0 Å². The van der Waals surface area contributed by atoms with Crippen LogP contribution in [0.4, 0.5) is 0 Å². The molecular formula is C15H31NS. The van der Waals surface area contributed by atoms with Crippen molar-refractivity contribution in [3.05, 3.63) is 0 Å². The SMILES string of the molecule is CCC(CC)(CNC1CCCCCCC1)SC. The molecule has 0 unspecified atom stereocenters. The summed E-state index contributed by atoms with van der Waals surface area (Å²) >= 11 is 2.05. The van der Waals surface area contributed by atoms with E-state index < -0.39 is 0 Å². The molecule has 1 nitrogen and oxygen atoms in total. The van der Waals surface area contributed by atoms with Crippen LogP contribution >= 0.6 is 11.8 Å². The number of rotatable bonds is 6. The summed E-state index contributed by atoms with van der Waals surface area (Å²) in [5.41, 5.74) is 0. The lowest BCUT2D eigenvalue weighted by Gasteiger charge is -2.32. The van der Waals surface area contributed by atoms with Gasteiger partial charge in [0.1, 0.15) is 0 Å². The van der Waals surface area contributed by atoms with E-state index in [2.05, 4.69) is 37.2 Å². The molecule has 2 heteroatoms.